The molecule has 1 aliphatic rings. The molecule has 0 aliphatic carbocycles. The van der Waals surface area contributed by atoms with Gasteiger partial charge in [-0.05, 0) is 30.3 Å². The fourth-order valence-corrected chi connectivity index (χ4v) is 6.25. The van der Waals surface area contributed by atoms with Gasteiger partial charge in [0.2, 0.25) is 0 Å². The maximum absolute atomic E-state index is 6.12. The van der Waals surface area contributed by atoms with Crippen LogP contribution in [0.4, 0.5) is 0 Å². The molecule has 0 fully saturated rings. The Morgan fingerprint density at radius 1 is 0.821 bits per heavy atom. The summed E-state index contributed by atoms with van der Waals surface area (Å²) in [5, 5.41) is 2.80. The van der Waals surface area contributed by atoms with Crippen LogP contribution in [0.2, 0.25) is 0 Å². The van der Waals surface area contributed by atoms with Crippen LogP contribution in [0.1, 0.15) is 25.5 Å². The standard InChI is InChI=1S/C25H26NOP/c1-25(2,24-26-23(18-27-24)20-12-6-3-7-13-20)19-28(21-14-8-4-9-15-21)22-16-10-5-11-17-22/h3-17,23H,18-19H2,1-2H3/t23-/m0/s1. The molecule has 1 heterocycles. The molecule has 0 saturated carbocycles. The molecule has 0 radical (unpaired) electrons. The SMILES string of the molecule is CC(C)(CP(c1ccccc1)c1ccccc1)C1=N[C@H](c2ccccc2)CO1. The van der Waals surface area contributed by atoms with Gasteiger partial charge in [-0.25, -0.2) is 4.99 Å². The second-order valence-corrected chi connectivity index (χ2v) is 10.0. The lowest BCUT2D eigenvalue weighted by Gasteiger charge is -2.30. The first-order valence-corrected chi connectivity index (χ1v) is 11.3. The fourth-order valence-electron chi connectivity index (χ4n) is 3.60. The maximum atomic E-state index is 6.12. The van der Waals surface area contributed by atoms with Gasteiger partial charge >= 0.3 is 0 Å². The van der Waals surface area contributed by atoms with Crippen molar-refractivity contribution in [2.45, 2.75) is 19.9 Å². The number of nitrogens with zero attached hydrogens (tertiary/aromatic N) is 1. The third-order valence-electron chi connectivity index (χ3n) is 5.10. The Bertz CT molecular complexity index is 883. The number of hydrogen-bond acceptors (Lipinski definition) is 2. The fraction of sp³-hybridized carbons (Fsp3) is 0.240. The zero-order valence-corrected chi connectivity index (χ0v) is 17.3. The van der Waals surface area contributed by atoms with Crippen LogP contribution in [0, 0.1) is 5.41 Å². The molecule has 0 spiro atoms. The highest BCUT2D eigenvalue weighted by Gasteiger charge is 2.35. The van der Waals surface area contributed by atoms with Gasteiger partial charge < -0.3 is 4.74 Å². The van der Waals surface area contributed by atoms with E-state index in [1.54, 1.807) is 0 Å². The second kappa shape index (κ2) is 8.29. The Hall–Kier alpha value is -2.44. The zero-order valence-electron chi connectivity index (χ0n) is 16.5. The Morgan fingerprint density at radius 2 is 1.32 bits per heavy atom. The van der Waals surface area contributed by atoms with Crippen LogP contribution in [0.5, 0.6) is 0 Å². The molecule has 0 saturated heterocycles. The van der Waals surface area contributed by atoms with E-state index < -0.39 is 7.92 Å². The molecule has 28 heavy (non-hydrogen) atoms. The quantitative estimate of drug-likeness (QED) is 0.525. The van der Waals surface area contributed by atoms with Crippen LogP contribution >= 0.6 is 7.92 Å². The lowest BCUT2D eigenvalue weighted by atomic mass is 9.96. The minimum Gasteiger partial charge on any atom is -0.478 e. The number of aliphatic imine (C=N–C) groups is 1. The summed E-state index contributed by atoms with van der Waals surface area (Å²) in [6.45, 7) is 5.16. The van der Waals surface area contributed by atoms with Crippen molar-refractivity contribution in [2.24, 2.45) is 10.4 Å². The Morgan fingerprint density at radius 3 is 1.86 bits per heavy atom. The van der Waals surface area contributed by atoms with Gasteiger partial charge in [0.15, 0.2) is 5.90 Å². The van der Waals surface area contributed by atoms with E-state index in [-0.39, 0.29) is 11.5 Å². The summed E-state index contributed by atoms with van der Waals surface area (Å²) in [6.07, 6.45) is 1.01. The van der Waals surface area contributed by atoms with Crippen LogP contribution in [-0.2, 0) is 4.74 Å². The van der Waals surface area contributed by atoms with E-state index in [2.05, 4.69) is 98.8 Å². The van der Waals surface area contributed by atoms with Gasteiger partial charge in [0, 0.05) is 5.41 Å². The number of benzene rings is 3. The van der Waals surface area contributed by atoms with E-state index >= 15 is 0 Å². The lowest BCUT2D eigenvalue weighted by Crippen LogP contribution is -2.31. The van der Waals surface area contributed by atoms with Gasteiger partial charge in [0.05, 0.1) is 0 Å². The number of ether oxygens (including phenoxy) is 1. The highest BCUT2D eigenvalue weighted by atomic mass is 31.1. The van der Waals surface area contributed by atoms with E-state index in [0.29, 0.717) is 6.61 Å². The van der Waals surface area contributed by atoms with Crippen molar-refractivity contribution >= 4 is 24.4 Å². The topological polar surface area (TPSA) is 21.6 Å². The van der Waals surface area contributed by atoms with Gasteiger partial charge in [0.25, 0.3) is 0 Å². The summed E-state index contributed by atoms with van der Waals surface area (Å²) >= 11 is 0. The van der Waals surface area contributed by atoms with Crippen molar-refractivity contribution in [2.75, 3.05) is 12.8 Å². The minimum absolute atomic E-state index is 0.107. The Kier molecular flexibility index (Phi) is 5.59. The first kappa shape index (κ1) is 18.9. The summed E-state index contributed by atoms with van der Waals surface area (Å²) < 4.78 is 6.12. The van der Waals surface area contributed by atoms with Crippen LogP contribution in [-0.4, -0.2) is 18.7 Å². The van der Waals surface area contributed by atoms with E-state index in [9.17, 15) is 0 Å². The van der Waals surface area contributed by atoms with Crippen molar-refractivity contribution in [3.63, 3.8) is 0 Å². The molecular formula is C25H26NOP. The highest BCUT2D eigenvalue weighted by Crippen LogP contribution is 2.42. The van der Waals surface area contributed by atoms with Gasteiger partial charge in [-0.2, -0.15) is 0 Å². The summed E-state index contributed by atoms with van der Waals surface area (Å²) in [7, 11) is -0.484. The van der Waals surface area contributed by atoms with Gasteiger partial charge in [-0.15, -0.1) is 0 Å². The third kappa shape index (κ3) is 4.18. The summed E-state index contributed by atoms with van der Waals surface area (Å²) in [6, 6.07) is 32.3. The Labute approximate surface area is 169 Å². The minimum atomic E-state index is -0.484. The number of hydrogen-bond donors (Lipinski definition) is 0. The molecular weight excluding hydrogens is 361 g/mol. The monoisotopic (exact) mass is 387 g/mol. The van der Waals surface area contributed by atoms with Crippen LogP contribution in [0.25, 0.3) is 0 Å². The third-order valence-corrected chi connectivity index (χ3v) is 8.05. The highest BCUT2D eigenvalue weighted by molar-refractivity contribution is 7.73. The summed E-state index contributed by atoms with van der Waals surface area (Å²) in [5.74, 6) is 0.890. The average molecular weight is 387 g/mol. The number of rotatable bonds is 6. The molecule has 0 aromatic heterocycles. The molecule has 2 nitrogen and oxygen atoms in total. The molecule has 3 heteroatoms. The van der Waals surface area contributed by atoms with Crippen molar-refractivity contribution < 1.29 is 4.74 Å². The largest absolute Gasteiger partial charge is 0.478 e. The molecule has 1 atom stereocenters. The Balaban J connectivity index is 1.61. The molecule has 1 aliphatic heterocycles. The molecule has 3 aromatic carbocycles. The second-order valence-electron chi connectivity index (χ2n) is 7.81. The van der Waals surface area contributed by atoms with E-state index in [0.717, 1.165) is 12.1 Å². The smallest absolute Gasteiger partial charge is 0.190 e. The molecule has 4 rings (SSSR count). The molecule has 0 amide bonds. The average Bonchev–Trinajstić information content (AvgIpc) is 3.25. The van der Waals surface area contributed by atoms with E-state index in [1.807, 2.05) is 6.07 Å². The summed E-state index contributed by atoms with van der Waals surface area (Å²) in [5.41, 5.74) is 1.10. The first-order chi connectivity index (χ1) is 13.6. The molecule has 3 aromatic rings. The van der Waals surface area contributed by atoms with E-state index in [1.165, 1.54) is 16.2 Å². The molecule has 0 bridgehead atoms. The predicted molar refractivity (Wildman–Crippen MR) is 120 cm³/mol. The van der Waals surface area contributed by atoms with Crippen molar-refractivity contribution in [1.82, 2.24) is 0 Å². The van der Waals surface area contributed by atoms with Gasteiger partial charge in [0.1, 0.15) is 12.6 Å². The zero-order chi connectivity index (χ0) is 19.4. The molecule has 0 N–H and O–H groups in total. The van der Waals surface area contributed by atoms with Crippen molar-refractivity contribution in [1.29, 1.82) is 0 Å². The van der Waals surface area contributed by atoms with Crippen molar-refractivity contribution in [3.8, 4) is 0 Å². The first-order valence-electron chi connectivity index (χ1n) is 9.77. The predicted octanol–water partition coefficient (Wildman–Crippen LogP) is 5.32. The van der Waals surface area contributed by atoms with Gasteiger partial charge in [-0.1, -0.05) is 105 Å². The van der Waals surface area contributed by atoms with Crippen LogP contribution in [0.3, 0.4) is 0 Å². The maximum Gasteiger partial charge on any atom is 0.190 e. The molecule has 0 unspecified atom stereocenters. The lowest BCUT2D eigenvalue weighted by molar-refractivity contribution is 0.284. The van der Waals surface area contributed by atoms with Crippen LogP contribution in [0.15, 0.2) is 96.0 Å². The normalized spacial score (nSPS) is 16.7. The van der Waals surface area contributed by atoms with E-state index in [4.69, 9.17) is 9.73 Å². The van der Waals surface area contributed by atoms with Gasteiger partial charge in [-0.3, -0.25) is 0 Å². The summed E-state index contributed by atoms with van der Waals surface area (Å²) in [4.78, 5) is 4.98. The van der Waals surface area contributed by atoms with Crippen molar-refractivity contribution in [3.05, 3.63) is 96.6 Å². The van der Waals surface area contributed by atoms with Crippen LogP contribution < -0.4 is 10.6 Å². The molecule has 142 valence electrons.